The Kier molecular flexibility index (Phi) is 1.40. The first-order valence-corrected chi connectivity index (χ1v) is 6.02. The van der Waals surface area contributed by atoms with E-state index in [0.717, 1.165) is 11.2 Å². The van der Waals surface area contributed by atoms with E-state index in [1.807, 2.05) is 6.07 Å². The van der Waals surface area contributed by atoms with Crippen LogP contribution < -0.4 is 5.73 Å². The van der Waals surface area contributed by atoms with Gasteiger partial charge in [0.05, 0.1) is 11.2 Å². The molecule has 1 aromatic carbocycles. The van der Waals surface area contributed by atoms with Gasteiger partial charge in [0.25, 0.3) is 0 Å². The number of fused-ring (bicyclic) bond motifs is 7. The number of aromatic nitrogens is 2. The summed E-state index contributed by atoms with van der Waals surface area (Å²) in [6, 6.07) is 4.93. The molecule has 0 saturated heterocycles. The van der Waals surface area contributed by atoms with Crippen LogP contribution in [-0.4, -0.2) is 9.55 Å². The third kappa shape index (κ3) is 0.872. The molecule has 1 aliphatic heterocycles. The maximum absolute atomic E-state index is 6.05. The second-order valence-electron chi connectivity index (χ2n) is 5.23. The molecule has 2 bridgehead atoms. The fraction of sp³-hybridized carbons (Fsp3) is 0.462. The summed E-state index contributed by atoms with van der Waals surface area (Å²) in [6.07, 6.45) is 3.93. The summed E-state index contributed by atoms with van der Waals surface area (Å²) in [5, 5.41) is 0. The van der Waals surface area contributed by atoms with Crippen molar-refractivity contribution < 1.29 is 0 Å². The van der Waals surface area contributed by atoms with E-state index in [2.05, 4.69) is 17.6 Å². The van der Waals surface area contributed by atoms with Gasteiger partial charge >= 0.3 is 0 Å². The Hall–Kier alpha value is -1.51. The molecule has 2 aromatic rings. The van der Waals surface area contributed by atoms with E-state index in [9.17, 15) is 0 Å². The maximum Gasteiger partial charge on any atom is 0.113 e. The number of imidazole rings is 1. The molecule has 2 aliphatic rings. The topological polar surface area (TPSA) is 43.8 Å². The molecular weight excluding hydrogens is 198 g/mol. The molecule has 3 nitrogen and oxygen atoms in total. The smallest absolute Gasteiger partial charge is 0.113 e. The molecule has 82 valence electrons. The second-order valence-corrected chi connectivity index (χ2v) is 5.23. The van der Waals surface area contributed by atoms with Gasteiger partial charge in [-0.3, -0.25) is 0 Å². The van der Waals surface area contributed by atoms with E-state index < -0.39 is 0 Å². The molecular formula is C13H15N3. The summed E-state index contributed by atoms with van der Waals surface area (Å²) in [5.74, 6) is 1.97. The lowest BCUT2D eigenvalue weighted by Gasteiger charge is -2.14. The number of nitrogen functional groups attached to an aromatic ring is 1. The highest BCUT2D eigenvalue weighted by molar-refractivity contribution is 5.89. The fourth-order valence-electron chi connectivity index (χ4n) is 3.48. The number of benzene rings is 1. The van der Waals surface area contributed by atoms with Crippen molar-refractivity contribution in [3.63, 3.8) is 0 Å². The molecule has 1 fully saturated rings. The second kappa shape index (κ2) is 2.59. The summed E-state index contributed by atoms with van der Waals surface area (Å²) in [5.41, 5.74) is 10.4. The van der Waals surface area contributed by atoms with Crippen LogP contribution in [0.5, 0.6) is 0 Å². The van der Waals surface area contributed by atoms with Gasteiger partial charge < -0.3 is 10.3 Å². The highest BCUT2D eigenvalue weighted by Crippen LogP contribution is 2.50. The Bertz CT molecular complexity index is 597. The van der Waals surface area contributed by atoms with Gasteiger partial charge in [-0.05, 0) is 43.9 Å². The molecule has 0 radical (unpaired) electrons. The first-order chi connectivity index (χ1) is 7.74. The van der Waals surface area contributed by atoms with E-state index in [0.29, 0.717) is 12.0 Å². The van der Waals surface area contributed by atoms with E-state index >= 15 is 0 Å². The van der Waals surface area contributed by atoms with Gasteiger partial charge in [0.15, 0.2) is 0 Å². The van der Waals surface area contributed by atoms with E-state index in [-0.39, 0.29) is 0 Å². The standard InChI is InChI=1S/C13H15N3/c1-7-4-10(14)12-11(5-7)16-9-3-2-8(6-9)13(16)15-12/h4-5,8-9H,2-3,6,14H2,1H3/t8-,9+/m1/s1. The third-order valence-corrected chi connectivity index (χ3v) is 4.13. The molecule has 3 heteroatoms. The van der Waals surface area contributed by atoms with Crippen LogP contribution >= 0.6 is 0 Å². The Morgan fingerprint density at radius 1 is 1.38 bits per heavy atom. The van der Waals surface area contributed by atoms with Gasteiger partial charge in [-0.25, -0.2) is 4.98 Å². The van der Waals surface area contributed by atoms with Gasteiger partial charge in [0.2, 0.25) is 0 Å². The third-order valence-electron chi connectivity index (χ3n) is 4.13. The van der Waals surface area contributed by atoms with Crippen molar-refractivity contribution in [2.24, 2.45) is 0 Å². The highest BCUT2D eigenvalue weighted by atomic mass is 15.2. The number of hydrogen-bond acceptors (Lipinski definition) is 2. The molecule has 0 spiro atoms. The van der Waals surface area contributed by atoms with Gasteiger partial charge in [0, 0.05) is 12.0 Å². The molecule has 2 atom stereocenters. The van der Waals surface area contributed by atoms with E-state index in [1.165, 1.54) is 36.2 Å². The van der Waals surface area contributed by atoms with Crippen LogP contribution in [0.25, 0.3) is 11.0 Å². The zero-order valence-corrected chi connectivity index (χ0v) is 9.40. The van der Waals surface area contributed by atoms with Gasteiger partial charge in [-0.1, -0.05) is 0 Å². The predicted octanol–water partition coefficient (Wildman–Crippen LogP) is 2.75. The average Bonchev–Trinajstić information content (AvgIpc) is 2.86. The molecule has 0 unspecified atom stereocenters. The Labute approximate surface area is 94.3 Å². The minimum Gasteiger partial charge on any atom is -0.397 e. The normalized spacial score (nSPS) is 26.6. The summed E-state index contributed by atoms with van der Waals surface area (Å²) in [6.45, 7) is 2.10. The lowest BCUT2D eigenvalue weighted by atomic mass is 10.1. The number of anilines is 1. The van der Waals surface area contributed by atoms with Gasteiger partial charge in [-0.2, -0.15) is 0 Å². The number of aryl methyl sites for hydroxylation is 1. The first-order valence-electron chi connectivity index (χ1n) is 6.02. The Morgan fingerprint density at radius 2 is 2.25 bits per heavy atom. The molecule has 1 saturated carbocycles. The van der Waals surface area contributed by atoms with Crippen molar-refractivity contribution >= 4 is 16.7 Å². The van der Waals surface area contributed by atoms with Crippen LogP contribution in [0.1, 0.15) is 42.6 Å². The molecule has 4 rings (SSSR count). The minimum absolute atomic E-state index is 0.686. The lowest BCUT2D eigenvalue weighted by Crippen LogP contribution is -2.05. The zero-order chi connectivity index (χ0) is 10.9. The van der Waals surface area contributed by atoms with Gasteiger partial charge in [-0.15, -0.1) is 0 Å². The van der Waals surface area contributed by atoms with Crippen molar-refractivity contribution in [2.45, 2.75) is 38.1 Å². The van der Waals surface area contributed by atoms with Crippen molar-refractivity contribution in [1.82, 2.24) is 9.55 Å². The molecule has 0 amide bonds. The lowest BCUT2D eigenvalue weighted by molar-refractivity contribution is 0.539. The van der Waals surface area contributed by atoms with Gasteiger partial charge in [0.1, 0.15) is 11.3 Å². The minimum atomic E-state index is 0.686. The molecule has 1 aromatic heterocycles. The average molecular weight is 213 g/mol. The molecule has 2 N–H and O–H groups in total. The predicted molar refractivity (Wildman–Crippen MR) is 64.5 cm³/mol. The van der Waals surface area contributed by atoms with Crippen LogP contribution in [-0.2, 0) is 0 Å². The number of hydrogen-bond donors (Lipinski definition) is 1. The van der Waals surface area contributed by atoms with Crippen molar-refractivity contribution in [2.75, 3.05) is 5.73 Å². The number of rotatable bonds is 0. The number of nitrogens with two attached hydrogens (primary N) is 1. The van der Waals surface area contributed by atoms with Crippen molar-refractivity contribution in [3.8, 4) is 0 Å². The Morgan fingerprint density at radius 3 is 3.12 bits per heavy atom. The maximum atomic E-state index is 6.05. The summed E-state index contributed by atoms with van der Waals surface area (Å²) < 4.78 is 2.44. The first kappa shape index (κ1) is 8.62. The van der Waals surface area contributed by atoms with Crippen LogP contribution in [0.4, 0.5) is 5.69 Å². The van der Waals surface area contributed by atoms with Crippen LogP contribution in [0, 0.1) is 6.92 Å². The fourth-order valence-corrected chi connectivity index (χ4v) is 3.48. The van der Waals surface area contributed by atoms with Crippen molar-refractivity contribution in [3.05, 3.63) is 23.5 Å². The van der Waals surface area contributed by atoms with E-state index in [1.54, 1.807) is 0 Å². The monoisotopic (exact) mass is 213 g/mol. The van der Waals surface area contributed by atoms with Crippen LogP contribution in [0.15, 0.2) is 12.1 Å². The largest absolute Gasteiger partial charge is 0.397 e. The molecule has 1 aliphatic carbocycles. The molecule has 2 heterocycles. The van der Waals surface area contributed by atoms with Crippen molar-refractivity contribution in [1.29, 1.82) is 0 Å². The highest BCUT2D eigenvalue weighted by Gasteiger charge is 2.39. The van der Waals surface area contributed by atoms with Crippen LogP contribution in [0.2, 0.25) is 0 Å². The SMILES string of the molecule is Cc1cc(N)c2nc3n(c2c1)[C@H]1CC[C@@H]3C1. The molecule has 16 heavy (non-hydrogen) atoms. The summed E-state index contributed by atoms with van der Waals surface area (Å²) >= 11 is 0. The quantitative estimate of drug-likeness (QED) is 0.684. The summed E-state index contributed by atoms with van der Waals surface area (Å²) in [7, 11) is 0. The van der Waals surface area contributed by atoms with E-state index in [4.69, 9.17) is 10.7 Å². The van der Waals surface area contributed by atoms with Crippen LogP contribution in [0.3, 0.4) is 0 Å². The number of nitrogens with zero attached hydrogens (tertiary/aromatic N) is 2. The Balaban J connectivity index is 2.12. The zero-order valence-electron chi connectivity index (χ0n) is 9.40. The summed E-state index contributed by atoms with van der Waals surface area (Å²) in [4.78, 5) is 4.75.